The molecule has 2 nitrogen and oxygen atoms in total. The van der Waals surface area contributed by atoms with E-state index in [1.54, 1.807) is 0 Å². The summed E-state index contributed by atoms with van der Waals surface area (Å²) in [6.45, 7) is 3.07. The summed E-state index contributed by atoms with van der Waals surface area (Å²) in [5.41, 5.74) is 1.22. The molecule has 0 aromatic carbocycles. The van der Waals surface area contributed by atoms with Gasteiger partial charge in [0.05, 0.1) is 4.29 Å². The number of aryl methyl sites for hydroxylation is 2. The van der Waals surface area contributed by atoms with Gasteiger partial charge in [0.25, 0.3) is 0 Å². The Morgan fingerprint density at radius 1 is 1.62 bits per heavy atom. The van der Waals surface area contributed by atoms with E-state index in [1.807, 2.05) is 16.9 Å². The van der Waals surface area contributed by atoms with Crippen molar-refractivity contribution >= 4 is 27.5 Å². The summed E-state index contributed by atoms with van der Waals surface area (Å²) in [5.74, 6) is 0. The van der Waals surface area contributed by atoms with Crippen LogP contribution in [0, 0.1) is 6.92 Å². The highest BCUT2D eigenvalue weighted by Crippen LogP contribution is 2.13. The molecular weight excluding hydrogens is 251 g/mol. The van der Waals surface area contributed by atoms with Gasteiger partial charge in [0.1, 0.15) is 0 Å². The number of halogens is 2. The Hall–Kier alpha value is -0.0200. The van der Waals surface area contributed by atoms with E-state index in [2.05, 4.69) is 28.0 Å². The van der Waals surface area contributed by atoms with Crippen molar-refractivity contribution in [1.82, 2.24) is 9.78 Å². The fourth-order valence-electron chi connectivity index (χ4n) is 1.19. The molecule has 0 bridgehead atoms. The summed E-state index contributed by atoms with van der Waals surface area (Å²) < 4.78 is 2.14. The number of aromatic nitrogens is 2. The minimum atomic E-state index is 0.117. The van der Waals surface area contributed by atoms with Gasteiger partial charge >= 0.3 is 0 Å². The topological polar surface area (TPSA) is 17.8 Å². The van der Waals surface area contributed by atoms with E-state index in [0.29, 0.717) is 0 Å². The zero-order valence-electron chi connectivity index (χ0n) is 7.71. The van der Waals surface area contributed by atoms with Crippen molar-refractivity contribution in [3.8, 4) is 0 Å². The highest BCUT2D eigenvalue weighted by atomic mass is 79.9. The predicted molar refractivity (Wildman–Crippen MR) is 59.4 cm³/mol. The molecule has 0 radical (unpaired) electrons. The lowest BCUT2D eigenvalue weighted by atomic mass is 10.2. The van der Waals surface area contributed by atoms with Gasteiger partial charge in [0.15, 0.2) is 0 Å². The van der Waals surface area contributed by atoms with E-state index in [4.69, 9.17) is 11.6 Å². The smallest absolute Gasteiger partial charge is 0.0886 e. The normalized spacial score (nSPS) is 13.2. The third kappa shape index (κ3) is 4.14. The van der Waals surface area contributed by atoms with Crippen molar-refractivity contribution in [3.05, 3.63) is 18.0 Å². The van der Waals surface area contributed by atoms with Crippen molar-refractivity contribution in [2.45, 2.75) is 37.0 Å². The number of alkyl halides is 2. The van der Waals surface area contributed by atoms with Crippen LogP contribution in [-0.2, 0) is 6.54 Å². The zero-order chi connectivity index (χ0) is 9.68. The Morgan fingerprint density at radius 3 is 2.92 bits per heavy atom. The summed E-state index contributed by atoms with van der Waals surface area (Å²) in [6, 6.07) is 2.02. The Balaban J connectivity index is 2.17. The van der Waals surface area contributed by atoms with Crippen molar-refractivity contribution < 1.29 is 0 Å². The second-order valence-electron chi connectivity index (χ2n) is 3.08. The summed E-state index contributed by atoms with van der Waals surface area (Å²) >= 11 is 9.07. The van der Waals surface area contributed by atoms with Crippen LogP contribution < -0.4 is 0 Å². The highest BCUT2D eigenvalue weighted by molar-refractivity contribution is 9.10. The molecule has 0 fully saturated rings. The van der Waals surface area contributed by atoms with Crippen LogP contribution in [0.3, 0.4) is 0 Å². The van der Waals surface area contributed by atoms with Crippen molar-refractivity contribution in [2.75, 3.05) is 0 Å². The quantitative estimate of drug-likeness (QED) is 0.590. The minimum Gasteiger partial charge on any atom is -0.270 e. The van der Waals surface area contributed by atoms with E-state index in [0.717, 1.165) is 25.8 Å². The predicted octanol–water partition coefficient (Wildman–Crippen LogP) is 3.32. The first kappa shape index (κ1) is 11.1. The van der Waals surface area contributed by atoms with Crippen LogP contribution in [0.25, 0.3) is 0 Å². The van der Waals surface area contributed by atoms with Gasteiger partial charge in [-0.25, -0.2) is 0 Å². The van der Waals surface area contributed by atoms with Gasteiger partial charge in [-0.15, -0.1) is 11.6 Å². The molecule has 1 unspecified atom stereocenters. The van der Waals surface area contributed by atoms with Gasteiger partial charge in [0, 0.05) is 18.4 Å². The monoisotopic (exact) mass is 264 g/mol. The molecule has 1 aromatic rings. The summed E-state index contributed by atoms with van der Waals surface area (Å²) in [4.78, 5) is 0. The van der Waals surface area contributed by atoms with Crippen LogP contribution in [0.1, 0.15) is 25.0 Å². The first-order valence-corrected chi connectivity index (χ1v) is 5.82. The fraction of sp³-hybridized carbons (Fsp3) is 0.667. The van der Waals surface area contributed by atoms with Gasteiger partial charge in [-0.05, 0) is 32.3 Å². The van der Waals surface area contributed by atoms with Gasteiger partial charge in [-0.1, -0.05) is 15.9 Å². The maximum absolute atomic E-state index is 5.76. The Bertz CT molecular complexity index is 248. The molecule has 1 atom stereocenters. The molecule has 13 heavy (non-hydrogen) atoms. The lowest BCUT2D eigenvalue weighted by molar-refractivity contribution is 0.541. The molecule has 0 amide bonds. The molecule has 4 heteroatoms. The van der Waals surface area contributed by atoms with E-state index in [-0.39, 0.29) is 4.29 Å². The number of rotatable bonds is 5. The molecule has 1 heterocycles. The molecule has 1 aromatic heterocycles. The molecular formula is C9H14BrClN2. The van der Waals surface area contributed by atoms with E-state index >= 15 is 0 Å². The van der Waals surface area contributed by atoms with Gasteiger partial charge in [0.2, 0.25) is 0 Å². The lowest BCUT2D eigenvalue weighted by Gasteiger charge is -2.04. The Morgan fingerprint density at radius 2 is 2.38 bits per heavy atom. The van der Waals surface area contributed by atoms with E-state index in [9.17, 15) is 0 Å². The molecule has 1 rings (SSSR count). The molecule has 0 N–H and O–H groups in total. The summed E-state index contributed by atoms with van der Waals surface area (Å²) in [6.07, 6.45) is 5.13. The van der Waals surface area contributed by atoms with Crippen LogP contribution >= 0.6 is 27.5 Å². The molecule has 0 saturated carbocycles. The largest absolute Gasteiger partial charge is 0.270 e. The van der Waals surface area contributed by atoms with Crippen molar-refractivity contribution in [1.29, 1.82) is 0 Å². The summed E-state index contributed by atoms with van der Waals surface area (Å²) in [5, 5.41) is 4.20. The van der Waals surface area contributed by atoms with Gasteiger partial charge in [-0.3, -0.25) is 4.68 Å². The molecule has 74 valence electrons. The maximum atomic E-state index is 5.76. The fourth-order valence-corrected chi connectivity index (χ4v) is 1.67. The first-order valence-electron chi connectivity index (χ1n) is 4.46. The maximum Gasteiger partial charge on any atom is 0.0886 e. The first-order chi connectivity index (χ1) is 6.20. The number of hydrogen-bond donors (Lipinski definition) is 0. The van der Waals surface area contributed by atoms with Crippen LogP contribution in [0.5, 0.6) is 0 Å². The third-order valence-corrected chi connectivity index (χ3v) is 2.65. The standard InChI is InChI=1S/C9H14BrClN2/c1-8-5-6-12-13(8)7-3-2-4-9(10)11/h5-6,9H,2-4,7H2,1H3. The SMILES string of the molecule is Cc1ccnn1CCCCC(Cl)Br. The Labute approximate surface area is 92.4 Å². The zero-order valence-corrected chi connectivity index (χ0v) is 10.1. The number of unbranched alkanes of at least 4 members (excludes halogenated alkanes) is 1. The van der Waals surface area contributed by atoms with Gasteiger partial charge in [-0.2, -0.15) is 5.10 Å². The van der Waals surface area contributed by atoms with Gasteiger partial charge < -0.3 is 0 Å². The van der Waals surface area contributed by atoms with E-state index < -0.39 is 0 Å². The number of nitrogens with zero attached hydrogens (tertiary/aromatic N) is 2. The van der Waals surface area contributed by atoms with Crippen LogP contribution in [0.4, 0.5) is 0 Å². The third-order valence-electron chi connectivity index (χ3n) is 1.97. The number of hydrogen-bond acceptors (Lipinski definition) is 1. The molecule has 0 aliphatic rings. The highest BCUT2D eigenvalue weighted by Gasteiger charge is 1.99. The van der Waals surface area contributed by atoms with Crippen molar-refractivity contribution in [3.63, 3.8) is 0 Å². The second-order valence-corrected chi connectivity index (χ2v) is 5.24. The molecule has 0 saturated heterocycles. The van der Waals surface area contributed by atoms with Crippen LogP contribution in [0.15, 0.2) is 12.3 Å². The average Bonchev–Trinajstić information content (AvgIpc) is 2.45. The summed E-state index contributed by atoms with van der Waals surface area (Å²) in [7, 11) is 0. The molecule has 0 aliphatic heterocycles. The minimum absolute atomic E-state index is 0.117. The van der Waals surface area contributed by atoms with E-state index in [1.165, 1.54) is 5.69 Å². The van der Waals surface area contributed by atoms with Crippen LogP contribution in [-0.4, -0.2) is 14.1 Å². The van der Waals surface area contributed by atoms with Crippen LogP contribution in [0.2, 0.25) is 0 Å². The van der Waals surface area contributed by atoms with Crippen molar-refractivity contribution in [2.24, 2.45) is 0 Å². The molecule has 0 aliphatic carbocycles. The molecule has 0 spiro atoms. The Kier molecular flexibility index (Phi) is 4.81. The lowest BCUT2D eigenvalue weighted by Crippen LogP contribution is -2.02. The average molecular weight is 266 g/mol. The second kappa shape index (κ2) is 5.66.